The number of hydrogen-bond acceptors (Lipinski definition) is 5. The molecule has 6 heteroatoms. The van der Waals surface area contributed by atoms with Crippen molar-refractivity contribution in [2.45, 2.75) is 19.4 Å². The zero-order valence-corrected chi connectivity index (χ0v) is 10.1. The molecule has 0 aromatic carbocycles. The largest absolute Gasteiger partial charge is 0.467 e. The van der Waals surface area contributed by atoms with Crippen molar-refractivity contribution in [1.82, 2.24) is 5.01 Å². The first kappa shape index (κ1) is 10.6. The molecule has 1 unspecified atom stereocenters. The number of carbonyl (C=O) groups is 1. The number of thioether (sulfide) groups is 1. The molecule has 1 amide bonds. The van der Waals surface area contributed by atoms with Gasteiger partial charge in [0.05, 0.1) is 12.0 Å². The third kappa shape index (κ3) is 1.88. The molecule has 3 heterocycles. The van der Waals surface area contributed by atoms with Gasteiger partial charge in [0.15, 0.2) is 0 Å². The molecule has 3 rings (SSSR count). The third-order valence-electron chi connectivity index (χ3n) is 2.74. The van der Waals surface area contributed by atoms with Crippen LogP contribution in [0.2, 0.25) is 0 Å². The van der Waals surface area contributed by atoms with Gasteiger partial charge >= 0.3 is 5.24 Å². The molecule has 2 aliphatic rings. The van der Waals surface area contributed by atoms with Crippen LogP contribution in [0.15, 0.2) is 32.9 Å². The van der Waals surface area contributed by atoms with E-state index in [1.807, 2.05) is 24.1 Å². The van der Waals surface area contributed by atoms with Crippen LogP contribution in [-0.2, 0) is 0 Å². The normalized spacial score (nSPS) is 24.2. The molecule has 5 nitrogen and oxygen atoms in total. The van der Waals surface area contributed by atoms with Crippen molar-refractivity contribution < 1.29 is 9.21 Å². The van der Waals surface area contributed by atoms with Crippen LogP contribution in [0.25, 0.3) is 0 Å². The average Bonchev–Trinajstić information content (AvgIpc) is 2.96. The Labute approximate surface area is 103 Å². The summed E-state index contributed by atoms with van der Waals surface area (Å²) in [6.45, 7) is 1.97. The van der Waals surface area contributed by atoms with Gasteiger partial charge in [0, 0.05) is 12.1 Å². The van der Waals surface area contributed by atoms with E-state index in [-0.39, 0.29) is 11.3 Å². The molecule has 0 saturated heterocycles. The summed E-state index contributed by atoms with van der Waals surface area (Å²) < 4.78 is 5.42. The summed E-state index contributed by atoms with van der Waals surface area (Å²) in [6, 6.07) is 3.82. The molecule has 0 radical (unpaired) electrons. The van der Waals surface area contributed by atoms with Crippen molar-refractivity contribution in [2.75, 3.05) is 5.75 Å². The SMILES string of the molecule is CC1=NN(C2=NC(=O)SC2)C(c2ccco2)C1. The Morgan fingerprint density at radius 3 is 3.12 bits per heavy atom. The Morgan fingerprint density at radius 1 is 1.59 bits per heavy atom. The van der Waals surface area contributed by atoms with E-state index in [1.54, 1.807) is 6.26 Å². The molecule has 17 heavy (non-hydrogen) atoms. The summed E-state index contributed by atoms with van der Waals surface area (Å²) in [5.41, 5.74) is 1.03. The maximum Gasteiger partial charge on any atom is 0.307 e. The number of amidine groups is 1. The highest BCUT2D eigenvalue weighted by atomic mass is 32.2. The summed E-state index contributed by atoms with van der Waals surface area (Å²) in [5.74, 6) is 2.17. The number of aliphatic imine (C=N–C) groups is 1. The van der Waals surface area contributed by atoms with Gasteiger partial charge in [-0.2, -0.15) is 10.1 Å². The minimum Gasteiger partial charge on any atom is -0.467 e. The molecule has 0 bridgehead atoms. The number of rotatable bonds is 1. The molecule has 88 valence electrons. The van der Waals surface area contributed by atoms with Gasteiger partial charge in [-0.15, -0.1) is 0 Å². The molecule has 2 aliphatic heterocycles. The minimum absolute atomic E-state index is 0.0373. The van der Waals surface area contributed by atoms with E-state index >= 15 is 0 Å². The van der Waals surface area contributed by atoms with E-state index in [0.717, 1.165) is 23.7 Å². The van der Waals surface area contributed by atoms with Crippen LogP contribution in [0.3, 0.4) is 0 Å². The van der Waals surface area contributed by atoms with Crippen LogP contribution in [-0.4, -0.2) is 27.5 Å². The van der Waals surface area contributed by atoms with Gasteiger partial charge in [0.2, 0.25) is 0 Å². The number of hydrogen-bond donors (Lipinski definition) is 0. The second-order valence-electron chi connectivity index (χ2n) is 4.00. The van der Waals surface area contributed by atoms with Crippen LogP contribution in [0.4, 0.5) is 4.79 Å². The summed E-state index contributed by atoms with van der Waals surface area (Å²) >= 11 is 1.21. The van der Waals surface area contributed by atoms with Crippen molar-refractivity contribution in [3.63, 3.8) is 0 Å². The summed E-state index contributed by atoms with van der Waals surface area (Å²) in [7, 11) is 0. The van der Waals surface area contributed by atoms with Crippen LogP contribution in [0, 0.1) is 0 Å². The fourth-order valence-electron chi connectivity index (χ4n) is 2.01. The van der Waals surface area contributed by atoms with Gasteiger partial charge in [-0.25, -0.2) is 5.01 Å². The lowest BCUT2D eigenvalue weighted by molar-refractivity contribution is 0.267. The highest BCUT2D eigenvalue weighted by molar-refractivity contribution is 8.14. The van der Waals surface area contributed by atoms with Crippen LogP contribution < -0.4 is 0 Å². The highest BCUT2D eigenvalue weighted by Gasteiger charge is 2.33. The van der Waals surface area contributed by atoms with Gasteiger partial charge in [-0.3, -0.25) is 4.79 Å². The average molecular weight is 249 g/mol. The first-order valence-electron chi connectivity index (χ1n) is 5.35. The lowest BCUT2D eigenvalue weighted by atomic mass is 10.1. The quantitative estimate of drug-likeness (QED) is 0.767. The van der Waals surface area contributed by atoms with Gasteiger partial charge in [0.1, 0.15) is 17.6 Å². The Kier molecular flexibility index (Phi) is 2.51. The van der Waals surface area contributed by atoms with Gasteiger partial charge < -0.3 is 4.42 Å². The number of carbonyl (C=O) groups excluding carboxylic acids is 1. The predicted octanol–water partition coefficient (Wildman–Crippen LogP) is 2.67. The van der Waals surface area contributed by atoms with Crippen molar-refractivity contribution >= 4 is 28.5 Å². The fraction of sp³-hybridized carbons (Fsp3) is 0.364. The second kappa shape index (κ2) is 4.03. The Morgan fingerprint density at radius 2 is 2.47 bits per heavy atom. The molecular weight excluding hydrogens is 238 g/mol. The number of hydrazone groups is 1. The summed E-state index contributed by atoms with van der Waals surface area (Å²) in [5, 5.41) is 6.11. The Hall–Kier alpha value is -1.56. The van der Waals surface area contributed by atoms with E-state index in [1.165, 1.54) is 11.8 Å². The van der Waals surface area contributed by atoms with Gasteiger partial charge in [-0.1, -0.05) is 11.8 Å². The lowest BCUT2D eigenvalue weighted by Crippen LogP contribution is -2.27. The maximum absolute atomic E-state index is 11.2. The van der Waals surface area contributed by atoms with Gasteiger partial charge in [0.25, 0.3) is 0 Å². The zero-order valence-electron chi connectivity index (χ0n) is 9.29. The van der Waals surface area contributed by atoms with Gasteiger partial charge in [-0.05, 0) is 19.1 Å². The topological polar surface area (TPSA) is 58.2 Å². The number of amides is 1. The molecule has 1 atom stereocenters. The van der Waals surface area contributed by atoms with Crippen molar-refractivity contribution in [3.05, 3.63) is 24.2 Å². The van der Waals surface area contributed by atoms with Crippen LogP contribution in [0.1, 0.15) is 25.1 Å². The first-order chi connectivity index (χ1) is 8.24. The molecule has 0 aliphatic carbocycles. The van der Waals surface area contributed by atoms with Crippen molar-refractivity contribution in [3.8, 4) is 0 Å². The smallest absolute Gasteiger partial charge is 0.307 e. The minimum atomic E-state index is -0.141. The standard InChI is InChI=1S/C11H11N3O2S/c1-7-5-8(9-3-2-4-16-9)14(13-7)10-6-17-11(15)12-10/h2-4,8H,5-6H2,1H3. The molecule has 0 spiro atoms. The molecule has 0 saturated carbocycles. The van der Waals surface area contributed by atoms with E-state index in [9.17, 15) is 4.79 Å². The molecular formula is C11H11N3O2S. The van der Waals surface area contributed by atoms with Crippen molar-refractivity contribution in [2.24, 2.45) is 10.1 Å². The Bertz CT molecular complexity index is 507. The number of furan rings is 1. The zero-order chi connectivity index (χ0) is 11.8. The summed E-state index contributed by atoms with van der Waals surface area (Å²) in [4.78, 5) is 15.1. The van der Waals surface area contributed by atoms with Crippen LogP contribution >= 0.6 is 11.8 Å². The summed E-state index contributed by atoms with van der Waals surface area (Å²) in [6.07, 6.45) is 2.46. The highest BCUT2D eigenvalue weighted by Crippen LogP contribution is 2.33. The lowest BCUT2D eigenvalue weighted by Gasteiger charge is -2.20. The maximum atomic E-state index is 11.2. The van der Waals surface area contributed by atoms with E-state index < -0.39 is 0 Å². The third-order valence-corrected chi connectivity index (χ3v) is 3.48. The first-order valence-corrected chi connectivity index (χ1v) is 6.33. The molecule has 0 fully saturated rings. The second-order valence-corrected chi connectivity index (χ2v) is 4.92. The van der Waals surface area contributed by atoms with E-state index in [0.29, 0.717) is 5.75 Å². The molecule has 1 aromatic rings. The van der Waals surface area contributed by atoms with E-state index in [2.05, 4.69) is 10.1 Å². The van der Waals surface area contributed by atoms with Crippen molar-refractivity contribution in [1.29, 1.82) is 0 Å². The monoisotopic (exact) mass is 249 g/mol. The van der Waals surface area contributed by atoms with E-state index in [4.69, 9.17) is 4.42 Å². The molecule has 0 N–H and O–H groups in total. The number of nitrogens with zero attached hydrogens (tertiary/aromatic N) is 3. The fourth-order valence-corrected chi connectivity index (χ4v) is 2.63. The predicted molar refractivity (Wildman–Crippen MR) is 66.3 cm³/mol. The molecule has 1 aromatic heterocycles. The Balaban J connectivity index is 1.91. The van der Waals surface area contributed by atoms with Crippen LogP contribution in [0.5, 0.6) is 0 Å².